The molecule has 1 saturated carbocycles. The number of nitrogens with zero attached hydrogens (tertiary/aromatic N) is 2. The monoisotopic (exact) mass is 328 g/mol. The van der Waals surface area contributed by atoms with Gasteiger partial charge in [0.25, 0.3) is 0 Å². The Morgan fingerprint density at radius 3 is 2.53 bits per heavy atom. The molecule has 2 aliphatic rings. The molecule has 1 aliphatic heterocycles. The molecule has 19 heavy (non-hydrogen) atoms. The van der Waals surface area contributed by atoms with E-state index in [-0.39, 0.29) is 6.10 Å². The van der Waals surface area contributed by atoms with Gasteiger partial charge >= 0.3 is 7.67 Å². The minimum atomic E-state index is -2.94. The van der Waals surface area contributed by atoms with Crippen molar-refractivity contribution in [3.05, 3.63) is 0 Å². The summed E-state index contributed by atoms with van der Waals surface area (Å²) in [5.41, 5.74) is 0. The molecule has 7 heteroatoms. The molecule has 0 bridgehead atoms. The van der Waals surface area contributed by atoms with E-state index in [2.05, 4.69) is 0 Å². The standard InChI is InChI=1S/C12H23Cl2N2O2P/c1-15-10-11-4-2-3-5-12(11)18-19(15,17)16(8-6-13)9-7-14/h11-12H,2-10H2,1H3/t11-,12-,19?/m0/s1. The summed E-state index contributed by atoms with van der Waals surface area (Å²) in [4.78, 5) is 0. The fourth-order valence-corrected chi connectivity index (χ4v) is 6.18. The first kappa shape index (κ1) is 16.1. The Labute approximate surface area is 125 Å². The molecule has 112 valence electrons. The smallest absolute Gasteiger partial charge is 0.302 e. The first-order valence-corrected chi connectivity index (χ1v) is 9.59. The van der Waals surface area contributed by atoms with E-state index in [0.717, 1.165) is 13.0 Å². The van der Waals surface area contributed by atoms with Crippen molar-refractivity contribution in [1.29, 1.82) is 0 Å². The van der Waals surface area contributed by atoms with Crippen LogP contribution in [0.3, 0.4) is 0 Å². The highest BCUT2D eigenvalue weighted by atomic mass is 35.5. The molecule has 0 N–H and O–H groups in total. The van der Waals surface area contributed by atoms with Crippen LogP contribution in [0.5, 0.6) is 0 Å². The van der Waals surface area contributed by atoms with Gasteiger partial charge < -0.3 is 4.52 Å². The highest BCUT2D eigenvalue weighted by Crippen LogP contribution is 2.59. The zero-order chi connectivity index (χ0) is 13.9. The van der Waals surface area contributed by atoms with E-state index in [1.165, 1.54) is 19.3 Å². The topological polar surface area (TPSA) is 32.8 Å². The van der Waals surface area contributed by atoms with E-state index >= 15 is 0 Å². The van der Waals surface area contributed by atoms with Crippen molar-refractivity contribution < 1.29 is 9.09 Å². The summed E-state index contributed by atoms with van der Waals surface area (Å²) in [6, 6.07) is 0. The number of fused-ring (bicyclic) bond motifs is 1. The third-order valence-corrected chi connectivity index (χ3v) is 7.11. The third-order valence-electron chi connectivity index (χ3n) is 4.08. The fourth-order valence-electron chi connectivity index (χ4n) is 3.06. The van der Waals surface area contributed by atoms with Gasteiger partial charge in [0.2, 0.25) is 0 Å². The second kappa shape index (κ2) is 7.11. The molecule has 1 unspecified atom stereocenters. The van der Waals surface area contributed by atoms with Gasteiger partial charge in [0.05, 0.1) is 6.10 Å². The maximum Gasteiger partial charge on any atom is 0.346 e. The number of hydrogen-bond acceptors (Lipinski definition) is 2. The van der Waals surface area contributed by atoms with E-state index in [0.29, 0.717) is 30.8 Å². The van der Waals surface area contributed by atoms with Gasteiger partial charge in [-0.05, 0) is 25.8 Å². The Kier molecular flexibility index (Phi) is 6.01. The van der Waals surface area contributed by atoms with Crippen LogP contribution in [0.2, 0.25) is 0 Å². The Morgan fingerprint density at radius 1 is 1.26 bits per heavy atom. The van der Waals surface area contributed by atoms with E-state index in [4.69, 9.17) is 27.7 Å². The van der Waals surface area contributed by atoms with Crippen LogP contribution in [0.4, 0.5) is 0 Å². The quantitative estimate of drug-likeness (QED) is 0.572. The van der Waals surface area contributed by atoms with Crippen LogP contribution in [-0.2, 0) is 9.09 Å². The summed E-state index contributed by atoms with van der Waals surface area (Å²) in [5.74, 6) is 1.40. The molecule has 2 rings (SSSR count). The molecular weight excluding hydrogens is 306 g/mol. The summed E-state index contributed by atoms with van der Waals surface area (Å²) in [6.45, 7) is 1.95. The second-order valence-electron chi connectivity index (χ2n) is 5.35. The Morgan fingerprint density at radius 2 is 1.89 bits per heavy atom. The lowest BCUT2D eigenvalue weighted by atomic mass is 9.86. The third kappa shape index (κ3) is 3.48. The largest absolute Gasteiger partial charge is 0.346 e. The van der Waals surface area contributed by atoms with Crippen LogP contribution >= 0.6 is 30.9 Å². The van der Waals surface area contributed by atoms with E-state index in [9.17, 15) is 4.57 Å². The molecule has 2 fully saturated rings. The van der Waals surface area contributed by atoms with Crippen molar-refractivity contribution in [3.8, 4) is 0 Å². The molecule has 0 aromatic carbocycles. The first-order chi connectivity index (χ1) is 9.11. The van der Waals surface area contributed by atoms with Gasteiger partial charge in [-0.15, -0.1) is 23.2 Å². The van der Waals surface area contributed by atoms with Crippen molar-refractivity contribution >= 4 is 30.9 Å². The van der Waals surface area contributed by atoms with Crippen LogP contribution in [0.1, 0.15) is 25.7 Å². The summed E-state index contributed by atoms with van der Waals surface area (Å²) in [6.07, 6.45) is 4.79. The predicted octanol–water partition coefficient (Wildman–Crippen LogP) is 3.39. The zero-order valence-corrected chi connectivity index (χ0v) is 13.8. The summed E-state index contributed by atoms with van der Waals surface area (Å²) < 4.78 is 23.0. The molecule has 0 aromatic rings. The molecule has 1 aliphatic carbocycles. The minimum absolute atomic E-state index is 0.143. The van der Waals surface area contributed by atoms with E-state index < -0.39 is 7.67 Å². The van der Waals surface area contributed by atoms with Crippen LogP contribution in [0.15, 0.2) is 0 Å². The van der Waals surface area contributed by atoms with Gasteiger partial charge in [0.15, 0.2) is 0 Å². The highest BCUT2D eigenvalue weighted by molar-refractivity contribution is 7.54. The minimum Gasteiger partial charge on any atom is -0.302 e. The predicted molar refractivity (Wildman–Crippen MR) is 80.1 cm³/mol. The van der Waals surface area contributed by atoms with Crippen molar-refractivity contribution in [1.82, 2.24) is 9.34 Å². The molecule has 0 aromatic heterocycles. The van der Waals surface area contributed by atoms with Crippen molar-refractivity contribution in [2.24, 2.45) is 5.92 Å². The van der Waals surface area contributed by atoms with Crippen molar-refractivity contribution in [2.45, 2.75) is 31.8 Å². The lowest BCUT2D eigenvalue weighted by Crippen LogP contribution is -2.46. The number of halogens is 2. The van der Waals surface area contributed by atoms with E-state index in [1.54, 1.807) is 0 Å². The van der Waals surface area contributed by atoms with E-state index in [1.807, 2.05) is 16.4 Å². The lowest BCUT2D eigenvalue weighted by Gasteiger charge is -2.47. The summed E-state index contributed by atoms with van der Waals surface area (Å²) in [5, 5.41) is 0. The first-order valence-electron chi connectivity index (χ1n) is 6.99. The molecule has 0 amide bonds. The van der Waals surface area contributed by atoms with Gasteiger partial charge in [0.1, 0.15) is 0 Å². The van der Waals surface area contributed by atoms with Gasteiger partial charge in [0, 0.05) is 31.4 Å². The normalized spacial score (nSPS) is 36.4. The summed E-state index contributed by atoms with van der Waals surface area (Å²) >= 11 is 11.6. The van der Waals surface area contributed by atoms with Crippen LogP contribution in [-0.4, -0.2) is 53.9 Å². The molecule has 1 saturated heterocycles. The van der Waals surface area contributed by atoms with Crippen molar-refractivity contribution in [3.63, 3.8) is 0 Å². The maximum absolute atomic E-state index is 13.2. The van der Waals surface area contributed by atoms with Crippen LogP contribution in [0.25, 0.3) is 0 Å². The van der Waals surface area contributed by atoms with Gasteiger partial charge in [-0.1, -0.05) is 12.8 Å². The number of rotatable bonds is 5. The Hall–Kier alpha value is 0.690. The van der Waals surface area contributed by atoms with Gasteiger partial charge in [-0.3, -0.25) is 4.57 Å². The second-order valence-corrected chi connectivity index (χ2v) is 8.55. The van der Waals surface area contributed by atoms with Gasteiger partial charge in [-0.25, -0.2) is 9.34 Å². The maximum atomic E-state index is 13.2. The van der Waals surface area contributed by atoms with Crippen LogP contribution < -0.4 is 0 Å². The Balaban J connectivity index is 2.13. The lowest BCUT2D eigenvalue weighted by molar-refractivity contribution is 0.0304. The average Bonchev–Trinajstić information content (AvgIpc) is 2.40. The SMILES string of the molecule is CN1C[C@@H]2CCCC[C@@H]2OP1(=O)N(CCCl)CCCl. The average molecular weight is 329 g/mol. The molecule has 0 radical (unpaired) electrons. The zero-order valence-electron chi connectivity index (χ0n) is 11.4. The van der Waals surface area contributed by atoms with Gasteiger partial charge in [-0.2, -0.15) is 0 Å². The molecule has 3 atom stereocenters. The molecule has 0 spiro atoms. The highest BCUT2D eigenvalue weighted by Gasteiger charge is 2.46. The number of hydrogen-bond donors (Lipinski definition) is 0. The fraction of sp³-hybridized carbons (Fsp3) is 1.00. The van der Waals surface area contributed by atoms with Crippen molar-refractivity contribution in [2.75, 3.05) is 38.4 Å². The number of alkyl halides is 2. The molecular formula is C12H23Cl2N2O2P. The summed E-state index contributed by atoms with van der Waals surface area (Å²) in [7, 11) is -1.05. The molecule has 4 nitrogen and oxygen atoms in total. The molecule has 1 heterocycles. The van der Waals surface area contributed by atoms with Crippen LogP contribution in [0, 0.1) is 5.92 Å². The Bertz CT molecular complexity index is 340.